The van der Waals surface area contributed by atoms with Crippen LogP contribution in [0.5, 0.6) is 0 Å². The van der Waals surface area contributed by atoms with E-state index in [1.165, 1.54) is 0 Å². The summed E-state index contributed by atoms with van der Waals surface area (Å²) >= 11 is 0. The molecule has 2 aliphatic carbocycles. The fourth-order valence-corrected chi connectivity index (χ4v) is 2.68. The van der Waals surface area contributed by atoms with E-state index < -0.39 is 5.97 Å². The van der Waals surface area contributed by atoms with E-state index in [9.17, 15) is 4.79 Å². The Hall–Kier alpha value is -2.09. The zero-order chi connectivity index (χ0) is 15.9. The van der Waals surface area contributed by atoms with Crippen molar-refractivity contribution in [1.82, 2.24) is 0 Å². The summed E-state index contributed by atoms with van der Waals surface area (Å²) in [5.41, 5.74) is -0.324. The van der Waals surface area contributed by atoms with Gasteiger partial charge in [-0.1, -0.05) is 79.8 Å². The van der Waals surface area contributed by atoms with Crippen molar-refractivity contribution in [3.63, 3.8) is 0 Å². The van der Waals surface area contributed by atoms with E-state index in [2.05, 4.69) is 73.8 Å². The summed E-state index contributed by atoms with van der Waals surface area (Å²) in [6, 6.07) is 0. The fourth-order valence-electron chi connectivity index (χ4n) is 2.68. The van der Waals surface area contributed by atoms with Gasteiger partial charge in [-0.3, -0.25) is 4.79 Å². The molecule has 2 rings (SSSR count). The Morgan fingerprint density at radius 3 is 2.27 bits per heavy atom. The normalized spacial score (nSPS) is 21.3. The lowest BCUT2D eigenvalue weighted by Gasteiger charge is -2.31. The van der Waals surface area contributed by atoms with E-state index >= 15 is 0 Å². The molecule has 0 bridgehead atoms. The van der Waals surface area contributed by atoms with Crippen molar-refractivity contribution in [2.45, 2.75) is 32.6 Å². The topological polar surface area (TPSA) is 37.3 Å². The Balaban J connectivity index is 2.16. The molecule has 22 heavy (non-hydrogen) atoms. The van der Waals surface area contributed by atoms with Crippen molar-refractivity contribution < 1.29 is 9.90 Å². The Kier molecular flexibility index (Phi) is 5.37. The van der Waals surface area contributed by atoms with Crippen molar-refractivity contribution in [3.8, 4) is 0 Å². The van der Waals surface area contributed by atoms with Gasteiger partial charge in [-0.15, -0.1) is 0 Å². The fraction of sp³-hybridized carbons (Fsp3) is 0.350. The number of carbonyl (C=O) groups is 1. The molecule has 0 aliphatic heterocycles. The third-order valence-electron chi connectivity index (χ3n) is 3.98. The predicted octanol–water partition coefficient (Wildman–Crippen LogP) is 4.99. The maximum Gasteiger partial charge on any atom is 0.303 e. The van der Waals surface area contributed by atoms with Gasteiger partial charge in [0.25, 0.3) is 0 Å². The number of rotatable bonds is 6. The molecular formula is C20H24O2. The second-order valence-electron chi connectivity index (χ2n) is 5.85. The molecule has 0 amide bonds. The van der Waals surface area contributed by atoms with Gasteiger partial charge < -0.3 is 5.11 Å². The second kappa shape index (κ2) is 7.26. The Morgan fingerprint density at radius 2 is 1.68 bits per heavy atom. The first kappa shape index (κ1) is 16.3. The molecule has 1 N–H and O–H groups in total. The lowest BCUT2D eigenvalue weighted by Crippen LogP contribution is -2.19. The number of carboxylic acid groups (broad SMARTS) is 1. The van der Waals surface area contributed by atoms with Gasteiger partial charge in [0.2, 0.25) is 0 Å². The van der Waals surface area contributed by atoms with Gasteiger partial charge in [0, 0.05) is 17.3 Å². The van der Waals surface area contributed by atoms with Crippen LogP contribution in [0.25, 0.3) is 0 Å². The lowest BCUT2D eigenvalue weighted by molar-refractivity contribution is -0.136. The minimum Gasteiger partial charge on any atom is -0.481 e. The average molecular weight is 296 g/mol. The van der Waals surface area contributed by atoms with Crippen LogP contribution in [0.1, 0.15) is 32.6 Å². The van der Waals surface area contributed by atoms with Crippen LogP contribution in [0, 0.1) is 10.8 Å². The highest BCUT2D eigenvalue weighted by atomic mass is 16.4. The van der Waals surface area contributed by atoms with Gasteiger partial charge in [-0.2, -0.15) is 0 Å². The third-order valence-corrected chi connectivity index (χ3v) is 3.98. The van der Waals surface area contributed by atoms with Gasteiger partial charge in [-0.25, -0.2) is 0 Å². The molecule has 116 valence electrons. The van der Waals surface area contributed by atoms with E-state index in [4.69, 9.17) is 5.11 Å². The lowest BCUT2D eigenvalue weighted by atomic mass is 9.73. The van der Waals surface area contributed by atoms with Gasteiger partial charge in [-0.05, 0) is 19.3 Å². The molecule has 2 heteroatoms. The number of allylic oxidation sites excluding steroid dienone is 12. The molecule has 0 saturated heterocycles. The summed E-state index contributed by atoms with van der Waals surface area (Å²) in [6.45, 7) is 2.11. The van der Waals surface area contributed by atoms with Crippen LogP contribution in [-0.2, 0) is 4.79 Å². The molecule has 0 aromatic carbocycles. The third kappa shape index (κ3) is 4.20. The van der Waals surface area contributed by atoms with Crippen molar-refractivity contribution in [2.75, 3.05) is 0 Å². The molecule has 0 atom stereocenters. The maximum absolute atomic E-state index is 10.6. The quantitative estimate of drug-likeness (QED) is 0.701. The van der Waals surface area contributed by atoms with E-state index in [0.717, 1.165) is 12.8 Å². The average Bonchev–Trinajstić information content (AvgIpc) is 2.53. The van der Waals surface area contributed by atoms with Gasteiger partial charge in [0.05, 0.1) is 0 Å². The molecular weight excluding hydrogens is 272 g/mol. The second-order valence-corrected chi connectivity index (χ2v) is 5.85. The van der Waals surface area contributed by atoms with Gasteiger partial charge >= 0.3 is 5.97 Å². The maximum atomic E-state index is 10.6. The van der Waals surface area contributed by atoms with Crippen LogP contribution in [0.3, 0.4) is 0 Å². The molecule has 0 aromatic heterocycles. The van der Waals surface area contributed by atoms with Crippen LogP contribution < -0.4 is 0 Å². The van der Waals surface area contributed by atoms with Gasteiger partial charge in [0.15, 0.2) is 0 Å². The Labute approximate surface area is 132 Å². The van der Waals surface area contributed by atoms with E-state index in [0.29, 0.717) is 6.42 Å². The Bertz CT molecular complexity index is 543. The zero-order valence-electron chi connectivity index (χ0n) is 13.1. The highest BCUT2D eigenvalue weighted by molar-refractivity contribution is 5.66. The summed E-state index contributed by atoms with van der Waals surface area (Å²) in [5, 5.41) is 8.73. The van der Waals surface area contributed by atoms with Crippen LogP contribution in [0.2, 0.25) is 0 Å². The summed E-state index contributed by atoms with van der Waals surface area (Å²) in [4.78, 5) is 10.6. The first-order chi connectivity index (χ1) is 10.6. The molecule has 0 radical (unpaired) electrons. The molecule has 0 fully saturated rings. The van der Waals surface area contributed by atoms with Crippen LogP contribution in [0.15, 0.2) is 72.9 Å². The summed E-state index contributed by atoms with van der Waals surface area (Å²) in [5.74, 6) is -0.756. The van der Waals surface area contributed by atoms with Crippen molar-refractivity contribution in [2.24, 2.45) is 10.8 Å². The van der Waals surface area contributed by atoms with Crippen LogP contribution >= 0.6 is 0 Å². The molecule has 2 aliphatic rings. The molecule has 1 spiro atoms. The van der Waals surface area contributed by atoms with Crippen molar-refractivity contribution >= 4 is 5.97 Å². The largest absolute Gasteiger partial charge is 0.481 e. The molecule has 0 aromatic rings. The minimum atomic E-state index is -0.756. The SMILES string of the molecule is CC/C=C\C1(/C=C\CCC(=O)O)C=CC2(C=CCC=C2)C=C1. The first-order valence-corrected chi connectivity index (χ1v) is 7.93. The molecule has 0 heterocycles. The highest BCUT2D eigenvalue weighted by Crippen LogP contribution is 2.39. The van der Waals surface area contributed by atoms with Crippen LogP contribution in [0.4, 0.5) is 0 Å². The number of hydrogen-bond donors (Lipinski definition) is 1. The predicted molar refractivity (Wildman–Crippen MR) is 91.5 cm³/mol. The van der Waals surface area contributed by atoms with Gasteiger partial charge in [0.1, 0.15) is 0 Å². The van der Waals surface area contributed by atoms with Crippen molar-refractivity contribution in [1.29, 1.82) is 0 Å². The monoisotopic (exact) mass is 296 g/mol. The summed E-state index contributed by atoms with van der Waals surface area (Å²) < 4.78 is 0. The van der Waals surface area contributed by atoms with E-state index in [1.54, 1.807) is 0 Å². The van der Waals surface area contributed by atoms with Crippen molar-refractivity contribution in [3.05, 3.63) is 72.9 Å². The molecule has 2 nitrogen and oxygen atoms in total. The number of aliphatic carboxylic acids is 1. The zero-order valence-corrected chi connectivity index (χ0v) is 13.1. The number of carboxylic acids is 1. The molecule has 0 unspecified atom stereocenters. The summed E-state index contributed by atoms with van der Waals surface area (Å²) in [6.07, 6.45) is 28.8. The van der Waals surface area contributed by atoms with E-state index in [-0.39, 0.29) is 17.3 Å². The highest BCUT2D eigenvalue weighted by Gasteiger charge is 2.27. The standard InChI is InChI=1S/C20H24O2/c1-2-3-10-19(13-8-5-9-18(21)22)14-16-20(17-15-19)11-6-4-7-12-20/h3,6-8,10-17H,2,4-5,9H2,1H3,(H,21,22)/b10-3-,13-8-. The summed E-state index contributed by atoms with van der Waals surface area (Å²) in [7, 11) is 0. The van der Waals surface area contributed by atoms with E-state index in [1.807, 2.05) is 6.08 Å². The minimum absolute atomic E-state index is 0.0866. The first-order valence-electron chi connectivity index (χ1n) is 7.93. The van der Waals surface area contributed by atoms with Crippen LogP contribution in [-0.4, -0.2) is 11.1 Å². The smallest absolute Gasteiger partial charge is 0.303 e. The molecule has 0 saturated carbocycles. The number of hydrogen-bond acceptors (Lipinski definition) is 1. The Morgan fingerprint density at radius 1 is 1.05 bits per heavy atom.